The van der Waals surface area contributed by atoms with Gasteiger partial charge in [0.15, 0.2) is 6.10 Å². The highest BCUT2D eigenvalue weighted by molar-refractivity contribution is 6.42. The van der Waals surface area contributed by atoms with Crippen LogP contribution >= 0.6 is 35.6 Å². The van der Waals surface area contributed by atoms with E-state index in [1.54, 1.807) is 30.0 Å². The number of rotatable bonds is 4. The average Bonchev–Trinajstić information content (AvgIpc) is 2.91. The average molecular weight is 354 g/mol. The Hall–Kier alpha value is -0.680. The van der Waals surface area contributed by atoms with Gasteiger partial charge < -0.3 is 15.4 Å². The first-order chi connectivity index (χ1) is 9.54. The second-order valence-electron chi connectivity index (χ2n) is 4.88. The van der Waals surface area contributed by atoms with Crippen LogP contribution < -0.4 is 10.5 Å². The minimum atomic E-state index is -0.613. The van der Waals surface area contributed by atoms with Gasteiger partial charge in [0.05, 0.1) is 5.02 Å². The van der Waals surface area contributed by atoms with E-state index >= 15 is 0 Å². The first-order valence-electron chi connectivity index (χ1n) is 6.65. The van der Waals surface area contributed by atoms with Gasteiger partial charge in [-0.05, 0) is 31.9 Å². The third-order valence-corrected chi connectivity index (χ3v) is 4.30. The van der Waals surface area contributed by atoms with E-state index in [4.69, 9.17) is 33.7 Å². The van der Waals surface area contributed by atoms with Gasteiger partial charge in [-0.25, -0.2) is 0 Å². The molecule has 0 aromatic heterocycles. The second kappa shape index (κ2) is 8.08. The van der Waals surface area contributed by atoms with Crippen molar-refractivity contribution in [2.24, 2.45) is 5.73 Å². The third kappa shape index (κ3) is 4.16. The topological polar surface area (TPSA) is 55.6 Å². The van der Waals surface area contributed by atoms with E-state index in [-0.39, 0.29) is 24.4 Å². The highest BCUT2D eigenvalue weighted by Crippen LogP contribution is 2.32. The monoisotopic (exact) mass is 352 g/mol. The minimum absolute atomic E-state index is 0. The van der Waals surface area contributed by atoms with Crippen molar-refractivity contribution in [1.29, 1.82) is 0 Å². The maximum Gasteiger partial charge on any atom is 0.263 e. The summed E-state index contributed by atoms with van der Waals surface area (Å²) >= 11 is 12.0. The lowest BCUT2D eigenvalue weighted by Crippen LogP contribution is -2.45. The van der Waals surface area contributed by atoms with E-state index in [0.717, 1.165) is 19.4 Å². The number of nitrogens with zero attached hydrogens (tertiary/aromatic N) is 1. The number of likely N-dealkylation sites (tertiary alicyclic amines) is 1. The highest BCUT2D eigenvalue weighted by atomic mass is 35.5. The Labute approximate surface area is 140 Å². The number of ether oxygens (including phenoxy) is 1. The molecule has 2 N–H and O–H groups in total. The van der Waals surface area contributed by atoms with Crippen LogP contribution in [0.2, 0.25) is 10.0 Å². The van der Waals surface area contributed by atoms with Gasteiger partial charge in [0.2, 0.25) is 0 Å². The number of hydrogen-bond acceptors (Lipinski definition) is 3. The van der Waals surface area contributed by atoms with Gasteiger partial charge in [0, 0.05) is 19.1 Å². The molecule has 2 rings (SSSR count). The van der Waals surface area contributed by atoms with Crippen LogP contribution in [0.1, 0.15) is 19.8 Å². The van der Waals surface area contributed by atoms with E-state index in [9.17, 15) is 4.79 Å². The molecule has 0 bridgehead atoms. The standard InChI is InChI=1S/C14H18Cl2N2O2.ClH/c1-9(14(19)18-7-3-4-10(18)8-17)20-12-6-2-5-11(15)13(12)16;/h2,5-6,9-10H,3-4,7-8,17H2,1H3;1H. The molecule has 1 fully saturated rings. The number of carbonyl (C=O) groups is 1. The number of hydrogen-bond donors (Lipinski definition) is 1. The van der Waals surface area contributed by atoms with E-state index in [1.807, 2.05) is 0 Å². The first kappa shape index (κ1) is 18.4. The molecular formula is C14H19Cl3N2O2. The van der Waals surface area contributed by atoms with Crippen LogP contribution in [-0.2, 0) is 4.79 Å². The Morgan fingerprint density at radius 1 is 1.52 bits per heavy atom. The number of nitrogens with two attached hydrogens (primary N) is 1. The van der Waals surface area contributed by atoms with Gasteiger partial charge in [-0.2, -0.15) is 0 Å². The van der Waals surface area contributed by atoms with Gasteiger partial charge in [0.25, 0.3) is 5.91 Å². The van der Waals surface area contributed by atoms with Gasteiger partial charge in [-0.3, -0.25) is 4.79 Å². The van der Waals surface area contributed by atoms with Crippen LogP contribution in [0.5, 0.6) is 5.75 Å². The van der Waals surface area contributed by atoms with Crippen molar-refractivity contribution >= 4 is 41.5 Å². The Morgan fingerprint density at radius 2 is 2.24 bits per heavy atom. The molecule has 1 aromatic carbocycles. The summed E-state index contributed by atoms with van der Waals surface area (Å²) in [4.78, 5) is 14.2. The zero-order valence-corrected chi connectivity index (χ0v) is 14.0. The Kier molecular flexibility index (Phi) is 7.07. The third-order valence-electron chi connectivity index (χ3n) is 3.50. The molecule has 1 aliphatic heterocycles. The Bertz CT molecular complexity index is 499. The summed E-state index contributed by atoms with van der Waals surface area (Å²) < 4.78 is 5.64. The second-order valence-corrected chi connectivity index (χ2v) is 5.66. The Balaban J connectivity index is 0.00000220. The van der Waals surface area contributed by atoms with Crippen LogP contribution in [0.15, 0.2) is 18.2 Å². The summed E-state index contributed by atoms with van der Waals surface area (Å²) in [5.74, 6) is 0.359. The molecule has 1 aliphatic rings. The van der Waals surface area contributed by atoms with Crippen molar-refractivity contribution < 1.29 is 9.53 Å². The van der Waals surface area contributed by atoms with Crippen LogP contribution in [0.25, 0.3) is 0 Å². The van der Waals surface area contributed by atoms with Gasteiger partial charge >= 0.3 is 0 Å². The summed E-state index contributed by atoms with van der Waals surface area (Å²) in [5, 5.41) is 0.732. The first-order valence-corrected chi connectivity index (χ1v) is 7.41. The lowest BCUT2D eigenvalue weighted by atomic mass is 10.2. The SMILES string of the molecule is CC(Oc1cccc(Cl)c1Cl)C(=O)N1CCCC1CN.Cl. The molecule has 0 aliphatic carbocycles. The predicted molar refractivity (Wildman–Crippen MR) is 87.6 cm³/mol. The van der Waals surface area contributed by atoms with Crippen molar-refractivity contribution in [3.63, 3.8) is 0 Å². The van der Waals surface area contributed by atoms with Crippen molar-refractivity contribution in [2.75, 3.05) is 13.1 Å². The number of amides is 1. The molecule has 1 heterocycles. The zero-order chi connectivity index (χ0) is 14.7. The summed E-state index contributed by atoms with van der Waals surface area (Å²) in [6, 6.07) is 5.22. The maximum absolute atomic E-state index is 12.4. The summed E-state index contributed by atoms with van der Waals surface area (Å²) in [5.41, 5.74) is 5.69. The van der Waals surface area contributed by atoms with Crippen molar-refractivity contribution in [1.82, 2.24) is 4.90 Å². The minimum Gasteiger partial charge on any atom is -0.479 e. The molecule has 7 heteroatoms. The number of carbonyl (C=O) groups excluding carboxylic acids is 1. The van der Waals surface area contributed by atoms with Crippen molar-refractivity contribution in [3.8, 4) is 5.75 Å². The summed E-state index contributed by atoms with van der Waals surface area (Å²) in [6.45, 7) is 2.93. The van der Waals surface area contributed by atoms with E-state index < -0.39 is 6.10 Å². The zero-order valence-electron chi connectivity index (χ0n) is 11.7. The van der Waals surface area contributed by atoms with Crippen molar-refractivity contribution in [3.05, 3.63) is 28.2 Å². The maximum atomic E-state index is 12.4. The lowest BCUT2D eigenvalue weighted by molar-refractivity contribution is -0.138. The molecule has 1 aromatic rings. The van der Waals surface area contributed by atoms with Crippen LogP contribution in [0.4, 0.5) is 0 Å². The summed E-state index contributed by atoms with van der Waals surface area (Å²) in [6.07, 6.45) is 1.32. The molecule has 2 atom stereocenters. The number of halogens is 3. The molecule has 0 spiro atoms. The summed E-state index contributed by atoms with van der Waals surface area (Å²) in [7, 11) is 0. The van der Waals surface area contributed by atoms with Crippen molar-refractivity contribution in [2.45, 2.75) is 31.9 Å². The fourth-order valence-electron chi connectivity index (χ4n) is 2.42. The normalized spacial score (nSPS) is 19.0. The van der Waals surface area contributed by atoms with Crippen LogP contribution in [0.3, 0.4) is 0 Å². The van der Waals surface area contributed by atoms with Crippen LogP contribution in [-0.4, -0.2) is 36.0 Å². The lowest BCUT2D eigenvalue weighted by Gasteiger charge is -2.27. The molecule has 1 amide bonds. The highest BCUT2D eigenvalue weighted by Gasteiger charge is 2.31. The Morgan fingerprint density at radius 3 is 2.90 bits per heavy atom. The van der Waals surface area contributed by atoms with Crippen LogP contribution in [0, 0.1) is 0 Å². The fraction of sp³-hybridized carbons (Fsp3) is 0.500. The molecule has 1 saturated heterocycles. The van der Waals surface area contributed by atoms with Gasteiger partial charge in [-0.1, -0.05) is 29.3 Å². The number of benzene rings is 1. The smallest absolute Gasteiger partial charge is 0.263 e. The van der Waals surface area contributed by atoms with E-state index in [0.29, 0.717) is 22.3 Å². The fourth-order valence-corrected chi connectivity index (χ4v) is 2.76. The molecule has 21 heavy (non-hydrogen) atoms. The molecule has 0 radical (unpaired) electrons. The molecule has 0 saturated carbocycles. The largest absolute Gasteiger partial charge is 0.479 e. The molecule has 118 valence electrons. The van der Waals surface area contributed by atoms with Gasteiger partial charge in [-0.15, -0.1) is 12.4 Å². The van der Waals surface area contributed by atoms with Gasteiger partial charge in [0.1, 0.15) is 10.8 Å². The molecule has 4 nitrogen and oxygen atoms in total. The molecule has 2 unspecified atom stereocenters. The molecular weight excluding hydrogens is 335 g/mol. The quantitative estimate of drug-likeness (QED) is 0.905. The van der Waals surface area contributed by atoms with E-state index in [2.05, 4.69) is 0 Å². The predicted octanol–water partition coefficient (Wildman–Crippen LogP) is 3.13. The van der Waals surface area contributed by atoms with E-state index in [1.165, 1.54) is 0 Å².